The van der Waals surface area contributed by atoms with E-state index in [1.807, 2.05) is 24.3 Å². The molecule has 4 rings (SSSR count). The van der Waals surface area contributed by atoms with Crippen LogP contribution >= 0.6 is 0 Å². The number of rotatable bonds is 4. The Kier molecular flexibility index (Phi) is 4.35. The third-order valence-corrected chi connectivity index (χ3v) is 4.23. The van der Waals surface area contributed by atoms with Crippen molar-refractivity contribution in [1.29, 1.82) is 0 Å². The molecule has 2 heterocycles. The molecule has 2 aromatic rings. The van der Waals surface area contributed by atoms with Crippen LogP contribution in [-0.4, -0.2) is 38.2 Å². The third kappa shape index (κ3) is 3.15. The normalized spacial score (nSPS) is 15.1. The molecule has 0 radical (unpaired) electrons. The van der Waals surface area contributed by atoms with E-state index >= 15 is 0 Å². The minimum absolute atomic E-state index is 0.0639. The van der Waals surface area contributed by atoms with Gasteiger partial charge >= 0.3 is 0 Å². The fraction of sp³-hybridized carbons (Fsp3) is 0.263. The van der Waals surface area contributed by atoms with Crippen molar-refractivity contribution in [2.45, 2.75) is 6.54 Å². The van der Waals surface area contributed by atoms with Gasteiger partial charge in [-0.1, -0.05) is 24.3 Å². The summed E-state index contributed by atoms with van der Waals surface area (Å²) >= 11 is 0. The molecule has 26 heavy (non-hydrogen) atoms. The van der Waals surface area contributed by atoms with Crippen molar-refractivity contribution < 1.29 is 23.8 Å². The van der Waals surface area contributed by atoms with Crippen LogP contribution in [0.15, 0.2) is 42.5 Å². The van der Waals surface area contributed by atoms with Gasteiger partial charge in [-0.15, -0.1) is 0 Å². The van der Waals surface area contributed by atoms with Gasteiger partial charge in [0.15, 0.2) is 18.1 Å². The lowest BCUT2D eigenvalue weighted by Gasteiger charge is -2.28. The first-order valence-electron chi connectivity index (χ1n) is 8.39. The van der Waals surface area contributed by atoms with Gasteiger partial charge in [-0.05, 0) is 18.2 Å². The maximum atomic E-state index is 12.4. The van der Waals surface area contributed by atoms with Gasteiger partial charge in [-0.2, -0.15) is 0 Å². The molecule has 2 amide bonds. The Morgan fingerprint density at radius 1 is 1.00 bits per heavy atom. The second-order valence-electron chi connectivity index (χ2n) is 5.95. The predicted molar refractivity (Wildman–Crippen MR) is 93.6 cm³/mol. The summed E-state index contributed by atoms with van der Waals surface area (Å²) in [4.78, 5) is 26.0. The lowest BCUT2D eigenvalue weighted by molar-refractivity contribution is -0.125. The van der Waals surface area contributed by atoms with Crippen LogP contribution in [0.3, 0.4) is 0 Å². The van der Waals surface area contributed by atoms with Crippen molar-refractivity contribution >= 4 is 17.5 Å². The molecular formula is C19H18N2O5. The minimum Gasteiger partial charge on any atom is -0.486 e. The number of carbonyl (C=O) groups excluding carboxylic acids is 2. The molecule has 7 nitrogen and oxygen atoms in total. The van der Waals surface area contributed by atoms with Crippen molar-refractivity contribution in [2.75, 3.05) is 31.3 Å². The van der Waals surface area contributed by atoms with Crippen molar-refractivity contribution in [3.05, 3.63) is 48.0 Å². The van der Waals surface area contributed by atoms with E-state index in [1.165, 1.54) is 4.90 Å². The number of hydrogen-bond donors (Lipinski definition) is 1. The molecule has 2 aromatic carbocycles. The van der Waals surface area contributed by atoms with Crippen LogP contribution in [-0.2, 0) is 16.1 Å². The van der Waals surface area contributed by atoms with E-state index in [-0.39, 0.29) is 25.0 Å². The summed E-state index contributed by atoms with van der Waals surface area (Å²) in [7, 11) is 0. The standard InChI is InChI=1S/C19H18N2O5/c22-17(11-21-14-5-1-2-6-15(14)26-12-18(21)23)20-10-13-4-3-7-16-19(13)25-9-8-24-16/h1-7H,8-12H2,(H,20,22). The molecule has 2 aliphatic rings. The molecule has 7 heteroatoms. The van der Waals surface area contributed by atoms with E-state index in [1.54, 1.807) is 18.2 Å². The highest BCUT2D eigenvalue weighted by Crippen LogP contribution is 2.33. The molecule has 0 spiro atoms. The molecule has 134 valence electrons. The van der Waals surface area contributed by atoms with Gasteiger partial charge in [0.2, 0.25) is 5.91 Å². The van der Waals surface area contributed by atoms with Crippen molar-refractivity contribution in [2.24, 2.45) is 0 Å². The number of nitrogens with zero attached hydrogens (tertiary/aromatic N) is 1. The first-order chi connectivity index (χ1) is 12.7. The fourth-order valence-corrected chi connectivity index (χ4v) is 2.99. The van der Waals surface area contributed by atoms with E-state index in [2.05, 4.69) is 5.32 Å². The number of para-hydroxylation sites is 3. The first kappa shape index (κ1) is 16.3. The zero-order valence-corrected chi connectivity index (χ0v) is 14.1. The second-order valence-corrected chi connectivity index (χ2v) is 5.95. The van der Waals surface area contributed by atoms with Gasteiger partial charge in [0.1, 0.15) is 25.5 Å². The molecule has 0 aromatic heterocycles. The zero-order valence-electron chi connectivity index (χ0n) is 14.1. The van der Waals surface area contributed by atoms with Crippen LogP contribution < -0.4 is 24.4 Å². The summed E-state index contributed by atoms with van der Waals surface area (Å²) in [6.07, 6.45) is 0. The average Bonchev–Trinajstić information content (AvgIpc) is 2.68. The van der Waals surface area contributed by atoms with Crippen LogP contribution in [0.2, 0.25) is 0 Å². The number of hydrogen-bond acceptors (Lipinski definition) is 5. The highest BCUT2D eigenvalue weighted by atomic mass is 16.6. The quantitative estimate of drug-likeness (QED) is 0.900. The zero-order chi connectivity index (χ0) is 17.9. The van der Waals surface area contributed by atoms with Gasteiger partial charge < -0.3 is 19.5 Å². The molecule has 0 saturated heterocycles. The maximum Gasteiger partial charge on any atom is 0.265 e. The second kappa shape index (κ2) is 6.95. The van der Waals surface area contributed by atoms with E-state index in [9.17, 15) is 9.59 Å². The van der Waals surface area contributed by atoms with Crippen molar-refractivity contribution in [1.82, 2.24) is 5.32 Å². The summed E-state index contributed by atoms with van der Waals surface area (Å²) in [6.45, 7) is 1.16. The molecule has 0 atom stereocenters. The van der Waals surface area contributed by atoms with E-state index in [0.29, 0.717) is 42.7 Å². The monoisotopic (exact) mass is 354 g/mol. The van der Waals surface area contributed by atoms with E-state index in [0.717, 1.165) is 5.56 Å². The molecule has 0 aliphatic carbocycles. The van der Waals surface area contributed by atoms with Crippen LogP contribution in [0.25, 0.3) is 0 Å². The fourth-order valence-electron chi connectivity index (χ4n) is 2.99. The summed E-state index contributed by atoms with van der Waals surface area (Å²) in [6, 6.07) is 12.7. The van der Waals surface area contributed by atoms with Gasteiger partial charge in [0, 0.05) is 12.1 Å². The Morgan fingerprint density at radius 2 is 1.81 bits per heavy atom. The Bertz CT molecular complexity index is 852. The highest BCUT2D eigenvalue weighted by Gasteiger charge is 2.27. The first-order valence-corrected chi connectivity index (χ1v) is 8.39. The van der Waals surface area contributed by atoms with Gasteiger partial charge in [0.25, 0.3) is 5.91 Å². The number of anilines is 1. The number of amides is 2. The Balaban J connectivity index is 1.43. The molecule has 0 fully saturated rings. The highest BCUT2D eigenvalue weighted by molar-refractivity contribution is 6.02. The lowest BCUT2D eigenvalue weighted by atomic mass is 10.1. The Hall–Kier alpha value is -3.22. The smallest absolute Gasteiger partial charge is 0.265 e. The summed E-state index contributed by atoms with van der Waals surface area (Å²) in [5, 5.41) is 2.84. The van der Waals surface area contributed by atoms with Crippen molar-refractivity contribution in [3.63, 3.8) is 0 Å². The molecule has 0 unspecified atom stereocenters. The molecule has 0 saturated carbocycles. The topological polar surface area (TPSA) is 77.1 Å². The lowest BCUT2D eigenvalue weighted by Crippen LogP contribution is -2.45. The largest absolute Gasteiger partial charge is 0.486 e. The van der Waals surface area contributed by atoms with E-state index in [4.69, 9.17) is 14.2 Å². The van der Waals surface area contributed by atoms with Crippen LogP contribution in [0.1, 0.15) is 5.56 Å². The van der Waals surface area contributed by atoms with Crippen LogP contribution in [0.5, 0.6) is 17.2 Å². The number of nitrogens with one attached hydrogen (secondary N) is 1. The van der Waals surface area contributed by atoms with Gasteiger partial charge in [0.05, 0.1) is 5.69 Å². The van der Waals surface area contributed by atoms with Crippen molar-refractivity contribution in [3.8, 4) is 17.2 Å². The predicted octanol–water partition coefficient (Wildman–Crippen LogP) is 1.50. The molecule has 1 N–H and O–H groups in total. The maximum absolute atomic E-state index is 12.4. The average molecular weight is 354 g/mol. The Morgan fingerprint density at radius 3 is 2.73 bits per heavy atom. The minimum atomic E-state index is -0.260. The van der Waals surface area contributed by atoms with E-state index < -0.39 is 0 Å². The van der Waals surface area contributed by atoms with Crippen LogP contribution in [0.4, 0.5) is 5.69 Å². The Labute approximate surface area is 150 Å². The molecule has 2 aliphatic heterocycles. The number of ether oxygens (including phenoxy) is 3. The number of fused-ring (bicyclic) bond motifs is 2. The third-order valence-electron chi connectivity index (χ3n) is 4.23. The van der Waals surface area contributed by atoms with Gasteiger partial charge in [-0.25, -0.2) is 0 Å². The van der Waals surface area contributed by atoms with Crippen LogP contribution in [0, 0.1) is 0 Å². The number of carbonyl (C=O) groups is 2. The number of benzene rings is 2. The summed E-state index contributed by atoms with van der Waals surface area (Å²) in [5.41, 5.74) is 1.44. The summed E-state index contributed by atoms with van der Waals surface area (Å²) in [5.74, 6) is 1.44. The van der Waals surface area contributed by atoms with Gasteiger partial charge in [-0.3, -0.25) is 14.5 Å². The molecule has 0 bridgehead atoms. The molecular weight excluding hydrogens is 336 g/mol. The summed E-state index contributed by atoms with van der Waals surface area (Å²) < 4.78 is 16.6. The SMILES string of the molecule is O=C(CN1C(=O)COc2ccccc21)NCc1cccc2c1OCCO2.